The Morgan fingerprint density at radius 3 is 2.53 bits per heavy atom. The predicted molar refractivity (Wildman–Crippen MR) is 140 cm³/mol. The van der Waals surface area contributed by atoms with Crippen molar-refractivity contribution in [1.29, 1.82) is 0 Å². The first-order valence-electron chi connectivity index (χ1n) is 13.0. The Morgan fingerprint density at radius 2 is 1.86 bits per heavy atom. The van der Waals surface area contributed by atoms with Gasteiger partial charge in [0.1, 0.15) is 6.04 Å². The second-order valence-electron chi connectivity index (χ2n) is 9.72. The Balaban J connectivity index is 1.53. The van der Waals surface area contributed by atoms with Gasteiger partial charge in [0, 0.05) is 43.6 Å². The number of amides is 3. The van der Waals surface area contributed by atoms with Crippen molar-refractivity contribution < 1.29 is 19.1 Å². The third-order valence-electron chi connectivity index (χ3n) is 6.89. The van der Waals surface area contributed by atoms with Crippen LogP contribution in [-0.4, -0.2) is 52.9 Å². The van der Waals surface area contributed by atoms with Gasteiger partial charge in [0.15, 0.2) is 5.13 Å². The van der Waals surface area contributed by atoms with Gasteiger partial charge in [-0.2, -0.15) is 0 Å². The van der Waals surface area contributed by atoms with Crippen LogP contribution in [-0.2, 0) is 19.1 Å². The quantitative estimate of drug-likeness (QED) is 0.492. The van der Waals surface area contributed by atoms with Crippen molar-refractivity contribution in [1.82, 2.24) is 15.2 Å². The number of benzene rings is 1. The molecule has 1 aromatic heterocycles. The molecule has 3 amide bonds. The van der Waals surface area contributed by atoms with Crippen molar-refractivity contribution in [2.45, 2.75) is 82.9 Å². The van der Waals surface area contributed by atoms with Crippen molar-refractivity contribution in [3.05, 3.63) is 47.0 Å². The average Bonchev–Trinajstić information content (AvgIpc) is 3.58. The number of nitrogens with one attached hydrogen (secondary N) is 2. The van der Waals surface area contributed by atoms with Gasteiger partial charge in [-0.15, -0.1) is 11.3 Å². The average molecular weight is 513 g/mol. The third-order valence-corrected chi connectivity index (χ3v) is 7.58. The minimum absolute atomic E-state index is 0.00297. The van der Waals surface area contributed by atoms with E-state index in [0.29, 0.717) is 18.3 Å². The van der Waals surface area contributed by atoms with Gasteiger partial charge >= 0.3 is 0 Å². The van der Waals surface area contributed by atoms with E-state index >= 15 is 0 Å². The SMILES string of the molecule is Cc1ccc([C@@H](C(=O)NC2CCCCC2)N(C[C@@H]2CCCO2)C(=O)CCC(=O)Nc2nccs2)cc1. The zero-order valence-corrected chi connectivity index (χ0v) is 21.7. The highest BCUT2D eigenvalue weighted by atomic mass is 32.1. The summed E-state index contributed by atoms with van der Waals surface area (Å²) in [6, 6.07) is 7.13. The van der Waals surface area contributed by atoms with E-state index in [1.54, 1.807) is 16.5 Å². The van der Waals surface area contributed by atoms with E-state index in [1.165, 1.54) is 17.8 Å². The zero-order chi connectivity index (χ0) is 25.3. The van der Waals surface area contributed by atoms with Crippen LogP contribution in [0.1, 0.15) is 75.0 Å². The number of hydrogen-bond donors (Lipinski definition) is 2. The molecule has 9 heteroatoms. The van der Waals surface area contributed by atoms with E-state index in [0.717, 1.165) is 49.7 Å². The van der Waals surface area contributed by atoms with Crippen LogP contribution in [0, 0.1) is 6.92 Å². The summed E-state index contributed by atoms with van der Waals surface area (Å²) in [5.74, 6) is -0.664. The highest BCUT2D eigenvalue weighted by Crippen LogP contribution is 2.27. The molecule has 1 aliphatic carbocycles. The number of carbonyl (C=O) groups is 3. The Labute approximate surface area is 216 Å². The van der Waals surface area contributed by atoms with Crippen LogP contribution in [0.2, 0.25) is 0 Å². The molecule has 2 atom stereocenters. The van der Waals surface area contributed by atoms with Gasteiger partial charge in [-0.1, -0.05) is 49.1 Å². The van der Waals surface area contributed by atoms with Crippen LogP contribution in [0.25, 0.3) is 0 Å². The fraction of sp³-hybridized carbons (Fsp3) is 0.556. The van der Waals surface area contributed by atoms with Gasteiger partial charge in [-0.3, -0.25) is 14.4 Å². The van der Waals surface area contributed by atoms with E-state index in [4.69, 9.17) is 4.74 Å². The normalized spacial score (nSPS) is 19.0. The summed E-state index contributed by atoms with van der Waals surface area (Å²) in [4.78, 5) is 45.5. The lowest BCUT2D eigenvalue weighted by Gasteiger charge is -2.34. The number of carbonyl (C=O) groups excluding carboxylic acids is 3. The number of aryl methyl sites for hydroxylation is 1. The topological polar surface area (TPSA) is 101 Å². The lowest BCUT2D eigenvalue weighted by Crippen LogP contribution is -2.49. The molecule has 0 radical (unpaired) electrons. The summed E-state index contributed by atoms with van der Waals surface area (Å²) >= 11 is 1.33. The Bertz CT molecular complexity index is 999. The van der Waals surface area contributed by atoms with Gasteiger partial charge in [0.2, 0.25) is 17.7 Å². The molecule has 2 heterocycles. The van der Waals surface area contributed by atoms with Gasteiger partial charge in [0.05, 0.1) is 6.10 Å². The van der Waals surface area contributed by atoms with Gasteiger partial charge in [0.25, 0.3) is 0 Å². The van der Waals surface area contributed by atoms with E-state index < -0.39 is 6.04 Å². The number of ether oxygens (including phenoxy) is 1. The van der Waals surface area contributed by atoms with Crippen molar-refractivity contribution in [3.8, 4) is 0 Å². The van der Waals surface area contributed by atoms with E-state index in [9.17, 15) is 14.4 Å². The smallest absolute Gasteiger partial charge is 0.247 e. The molecular weight excluding hydrogens is 476 g/mol. The molecule has 36 heavy (non-hydrogen) atoms. The first-order valence-corrected chi connectivity index (χ1v) is 13.8. The highest BCUT2D eigenvalue weighted by molar-refractivity contribution is 7.13. The Hall–Kier alpha value is -2.78. The second-order valence-corrected chi connectivity index (χ2v) is 10.6. The summed E-state index contributed by atoms with van der Waals surface area (Å²) in [6.07, 6.45) is 8.63. The summed E-state index contributed by atoms with van der Waals surface area (Å²) in [5.41, 5.74) is 1.86. The molecule has 2 aliphatic rings. The molecule has 2 aromatic rings. The molecule has 194 valence electrons. The van der Waals surface area contributed by atoms with Crippen LogP contribution in [0.3, 0.4) is 0 Å². The standard InChI is InChI=1S/C27H36N4O4S/c1-19-9-11-20(12-10-19)25(26(34)29-21-6-3-2-4-7-21)31(18-22-8-5-16-35-22)24(33)14-13-23(32)30-27-28-15-17-36-27/h9-12,15,17,21-22,25H,2-8,13-14,16,18H2,1H3,(H,29,34)(H,28,30,32)/t22-,25-/m0/s1. The second kappa shape index (κ2) is 13.0. The fourth-order valence-electron chi connectivity index (χ4n) is 4.94. The van der Waals surface area contributed by atoms with E-state index in [2.05, 4.69) is 15.6 Å². The molecule has 1 saturated heterocycles. The van der Waals surface area contributed by atoms with Crippen molar-refractivity contribution >= 4 is 34.2 Å². The first kappa shape index (κ1) is 26.3. The maximum Gasteiger partial charge on any atom is 0.247 e. The van der Waals surface area contributed by atoms with Gasteiger partial charge in [-0.05, 0) is 38.2 Å². The van der Waals surface area contributed by atoms with Crippen molar-refractivity contribution in [2.75, 3.05) is 18.5 Å². The van der Waals surface area contributed by atoms with Crippen LogP contribution in [0.15, 0.2) is 35.8 Å². The summed E-state index contributed by atoms with van der Waals surface area (Å²) < 4.78 is 5.85. The lowest BCUT2D eigenvalue weighted by molar-refractivity contribution is -0.143. The highest BCUT2D eigenvalue weighted by Gasteiger charge is 2.35. The third kappa shape index (κ3) is 7.36. The minimum atomic E-state index is -0.772. The largest absolute Gasteiger partial charge is 0.376 e. The minimum Gasteiger partial charge on any atom is -0.376 e. The summed E-state index contributed by atoms with van der Waals surface area (Å²) in [5, 5.41) is 8.24. The summed E-state index contributed by atoms with van der Waals surface area (Å²) in [7, 11) is 0. The molecule has 4 rings (SSSR count). The molecule has 1 aromatic carbocycles. The van der Waals surface area contributed by atoms with E-state index in [1.807, 2.05) is 31.2 Å². The number of anilines is 1. The van der Waals surface area contributed by atoms with Crippen LogP contribution in [0.4, 0.5) is 5.13 Å². The first-order chi connectivity index (χ1) is 17.5. The van der Waals surface area contributed by atoms with Crippen molar-refractivity contribution in [3.63, 3.8) is 0 Å². The van der Waals surface area contributed by atoms with Crippen molar-refractivity contribution in [2.24, 2.45) is 0 Å². The Morgan fingerprint density at radius 1 is 1.08 bits per heavy atom. The van der Waals surface area contributed by atoms with Crippen LogP contribution in [0.5, 0.6) is 0 Å². The Kier molecular flexibility index (Phi) is 9.47. The molecule has 8 nitrogen and oxygen atoms in total. The number of thiazole rings is 1. The summed E-state index contributed by atoms with van der Waals surface area (Å²) in [6.45, 7) is 2.98. The number of nitrogens with zero attached hydrogens (tertiary/aromatic N) is 2. The fourth-order valence-corrected chi connectivity index (χ4v) is 5.48. The molecule has 0 bridgehead atoms. The maximum atomic E-state index is 13.7. The number of aromatic nitrogens is 1. The predicted octanol–water partition coefficient (Wildman–Crippen LogP) is 4.37. The zero-order valence-electron chi connectivity index (χ0n) is 20.9. The molecule has 1 saturated carbocycles. The lowest BCUT2D eigenvalue weighted by atomic mass is 9.94. The van der Waals surface area contributed by atoms with Gasteiger partial charge < -0.3 is 20.3 Å². The molecule has 1 aliphatic heterocycles. The van der Waals surface area contributed by atoms with Crippen LogP contribution >= 0.6 is 11.3 Å². The van der Waals surface area contributed by atoms with E-state index in [-0.39, 0.29) is 42.7 Å². The molecule has 2 fully saturated rings. The monoisotopic (exact) mass is 512 g/mol. The maximum absolute atomic E-state index is 13.7. The molecule has 0 unspecified atom stereocenters. The molecule has 0 spiro atoms. The number of rotatable bonds is 10. The molecule has 2 N–H and O–H groups in total. The van der Waals surface area contributed by atoms with Gasteiger partial charge in [-0.25, -0.2) is 4.98 Å². The number of hydrogen-bond acceptors (Lipinski definition) is 6. The molecular formula is C27H36N4O4S. The van der Waals surface area contributed by atoms with Crippen LogP contribution < -0.4 is 10.6 Å².